The van der Waals surface area contributed by atoms with Crippen LogP contribution in [0.5, 0.6) is 0 Å². The Balaban J connectivity index is 1.60. The van der Waals surface area contributed by atoms with Gasteiger partial charge in [-0.1, -0.05) is 37.3 Å². The van der Waals surface area contributed by atoms with Gasteiger partial charge in [0.1, 0.15) is 5.82 Å². The van der Waals surface area contributed by atoms with Crippen LogP contribution in [0.1, 0.15) is 74.9 Å². The van der Waals surface area contributed by atoms with E-state index in [4.69, 9.17) is 9.72 Å². The molecule has 0 bridgehead atoms. The van der Waals surface area contributed by atoms with Crippen LogP contribution in [0.3, 0.4) is 0 Å². The molecule has 1 unspecified atom stereocenters. The first-order valence-electron chi connectivity index (χ1n) is 13.1. The number of hydrogen-bond acceptors (Lipinski definition) is 4. The highest BCUT2D eigenvalue weighted by Gasteiger charge is 2.34. The van der Waals surface area contributed by atoms with Crippen LogP contribution < -0.4 is 4.90 Å². The molecule has 1 amide bonds. The molecule has 2 aromatic carbocycles. The Kier molecular flexibility index (Phi) is 6.73. The summed E-state index contributed by atoms with van der Waals surface area (Å²) in [6.45, 7) is 4.28. The highest BCUT2D eigenvalue weighted by atomic mass is 16.5. The van der Waals surface area contributed by atoms with Gasteiger partial charge in [-0.15, -0.1) is 0 Å². The molecule has 3 aromatic rings. The number of hydrogen-bond donors (Lipinski definition) is 1. The summed E-state index contributed by atoms with van der Waals surface area (Å²) < 4.78 is 7.49. The number of carboxylic acids is 1. The van der Waals surface area contributed by atoms with E-state index in [0.29, 0.717) is 12.8 Å². The Labute approximate surface area is 212 Å². The standard InChI is InChI=1S/C29H35N3O4/c1-18(17-20-7-5-4-6-8-20)27-30-26-23-14-9-19(2)31(29(35)36-3)24(23)15-16-25(26)32(27)22-12-10-21(11-13-22)28(33)34/h4-8,15-16,18-19,21-22H,9-14,17H2,1-3H3,(H,33,34)/t18?,19-,21-,22+/m0/s1. The number of benzene rings is 2. The average Bonchev–Trinajstić information content (AvgIpc) is 3.29. The Morgan fingerprint density at radius 1 is 1.08 bits per heavy atom. The molecule has 7 nitrogen and oxygen atoms in total. The molecule has 190 valence electrons. The maximum Gasteiger partial charge on any atom is 0.414 e. The number of methoxy groups -OCH3 is 1. The fourth-order valence-corrected chi connectivity index (χ4v) is 6.16. The molecule has 1 fully saturated rings. The van der Waals surface area contributed by atoms with E-state index in [9.17, 15) is 14.7 Å². The number of imidazole rings is 1. The summed E-state index contributed by atoms with van der Waals surface area (Å²) in [5.74, 6) is 0.285. The van der Waals surface area contributed by atoms with E-state index in [1.165, 1.54) is 12.7 Å². The summed E-state index contributed by atoms with van der Waals surface area (Å²) >= 11 is 0. The molecule has 1 aliphatic carbocycles. The fourth-order valence-electron chi connectivity index (χ4n) is 6.16. The van der Waals surface area contributed by atoms with Gasteiger partial charge in [-0.3, -0.25) is 9.69 Å². The normalized spacial score (nSPS) is 22.8. The third-order valence-electron chi connectivity index (χ3n) is 8.09. The molecule has 0 radical (unpaired) electrons. The van der Waals surface area contributed by atoms with Crippen molar-refractivity contribution in [3.05, 3.63) is 59.4 Å². The molecule has 5 rings (SSSR count). The first-order chi connectivity index (χ1) is 17.4. The van der Waals surface area contributed by atoms with Crippen LogP contribution in [0.15, 0.2) is 42.5 Å². The number of amides is 1. The lowest BCUT2D eigenvalue weighted by molar-refractivity contribution is -0.143. The number of nitrogens with zero attached hydrogens (tertiary/aromatic N) is 3. The van der Waals surface area contributed by atoms with Crippen LogP contribution in [0.4, 0.5) is 10.5 Å². The van der Waals surface area contributed by atoms with E-state index in [1.54, 1.807) is 4.90 Å². The lowest BCUT2D eigenvalue weighted by atomic mass is 9.85. The van der Waals surface area contributed by atoms with Crippen molar-refractivity contribution >= 4 is 28.8 Å². The summed E-state index contributed by atoms with van der Waals surface area (Å²) in [6, 6.07) is 14.9. The number of anilines is 1. The summed E-state index contributed by atoms with van der Waals surface area (Å²) in [5.41, 5.74) is 5.30. The second kappa shape index (κ2) is 9.96. The Hall–Kier alpha value is -3.35. The topological polar surface area (TPSA) is 84.7 Å². The molecule has 1 aromatic heterocycles. The van der Waals surface area contributed by atoms with Gasteiger partial charge in [0, 0.05) is 23.6 Å². The molecule has 36 heavy (non-hydrogen) atoms. The van der Waals surface area contributed by atoms with Gasteiger partial charge in [0.25, 0.3) is 0 Å². The maximum absolute atomic E-state index is 12.6. The van der Waals surface area contributed by atoms with Gasteiger partial charge in [-0.05, 0) is 69.6 Å². The first-order valence-corrected chi connectivity index (χ1v) is 13.1. The second-order valence-electron chi connectivity index (χ2n) is 10.4. The highest BCUT2D eigenvalue weighted by Crippen LogP contribution is 2.41. The molecular weight excluding hydrogens is 454 g/mol. The number of aromatic nitrogens is 2. The van der Waals surface area contributed by atoms with Crippen molar-refractivity contribution in [2.24, 2.45) is 5.92 Å². The van der Waals surface area contributed by atoms with E-state index < -0.39 is 5.97 Å². The van der Waals surface area contributed by atoms with E-state index in [0.717, 1.165) is 60.2 Å². The molecule has 0 saturated heterocycles. The maximum atomic E-state index is 12.6. The first kappa shape index (κ1) is 24.3. The van der Waals surface area contributed by atoms with Crippen LogP contribution >= 0.6 is 0 Å². The van der Waals surface area contributed by atoms with Gasteiger partial charge in [0.2, 0.25) is 0 Å². The van der Waals surface area contributed by atoms with Crippen LogP contribution in [-0.4, -0.2) is 39.9 Å². The van der Waals surface area contributed by atoms with Crippen LogP contribution in [-0.2, 0) is 22.4 Å². The van der Waals surface area contributed by atoms with Crippen LogP contribution in [0.2, 0.25) is 0 Å². The largest absolute Gasteiger partial charge is 0.481 e. The van der Waals surface area contributed by atoms with E-state index in [-0.39, 0.29) is 30.0 Å². The lowest BCUT2D eigenvalue weighted by Gasteiger charge is -2.34. The van der Waals surface area contributed by atoms with E-state index >= 15 is 0 Å². The number of carboxylic acid groups (broad SMARTS) is 1. The monoisotopic (exact) mass is 489 g/mol. The zero-order valence-corrected chi connectivity index (χ0v) is 21.3. The van der Waals surface area contributed by atoms with Gasteiger partial charge < -0.3 is 14.4 Å². The molecule has 7 heteroatoms. The molecular formula is C29H35N3O4. The van der Waals surface area contributed by atoms with Gasteiger partial charge in [0.05, 0.1) is 29.7 Å². The number of carbonyl (C=O) groups excluding carboxylic acids is 1. The molecule has 2 heterocycles. The van der Waals surface area contributed by atoms with Gasteiger partial charge in [0.15, 0.2) is 0 Å². The van der Waals surface area contributed by atoms with Crippen molar-refractivity contribution in [2.45, 2.75) is 76.8 Å². The zero-order chi connectivity index (χ0) is 25.4. The number of aliphatic carboxylic acids is 1. The minimum Gasteiger partial charge on any atom is -0.481 e. The summed E-state index contributed by atoms with van der Waals surface area (Å²) in [5, 5.41) is 9.52. The predicted octanol–water partition coefficient (Wildman–Crippen LogP) is 6.11. The number of fused-ring (bicyclic) bond motifs is 3. The minimum absolute atomic E-state index is 0.0623. The van der Waals surface area contributed by atoms with Gasteiger partial charge >= 0.3 is 12.1 Å². The Bertz CT molecular complexity index is 1260. The second-order valence-corrected chi connectivity index (χ2v) is 10.4. The molecule has 1 saturated carbocycles. The predicted molar refractivity (Wildman–Crippen MR) is 140 cm³/mol. The zero-order valence-electron chi connectivity index (χ0n) is 21.3. The SMILES string of the molecule is COC(=O)N1c2ccc3c(nc(C(C)Cc4ccccc4)n3[C@H]3CC[C@@H](C(=O)O)CC3)c2CC[C@@H]1C. The average molecular weight is 490 g/mol. The van der Waals surface area contributed by atoms with E-state index in [2.05, 4.69) is 48.7 Å². The summed E-state index contributed by atoms with van der Waals surface area (Å²) in [6.07, 6.45) is 5.28. The highest BCUT2D eigenvalue weighted by molar-refractivity contribution is 5.95. The van der Waals surface area contributed by atoms with Gasteiger partial charge in [-0.2, -0.15) is 0 Å². The smallest absolute Gasteiger partial charge is 0.414 e. The molecule has 2 aliphatic rings. The van der Waals surface area contributed by atoms with Crippen molar-refractivity contribution < 1.29 is 19.4 Å². The van der Waals surface area contributed by atoms with Crippen molar-refractivity contribution in [2.75, 3.05) is 12.0 Å². The fraction of sp³-hybridized carbons (Fsp3) is 0.483. The van der Waals surface area contributed by atoms with Crippen molar-refractivity contribution in [3.8, 4) is 0 Å². The molecule has 1 N–H and O–H groups in total. The summed E-state index contributed by atoms with van der Waals surface area (Å²) in [4.78, 5) is 31.2. The van der Waals surface area contributed by atoms with Gasteiger partial charge in [-0.25, -0.2) is 9.78 Å². The minimum atomic E-state index is -0.687. The molecule has 2 atom stereocenters. The number of aryl methyl sites for hydroxylation is 1. The Morgan fingerprint density at radius 3 is 2.47 bits per heavy atom. The number of carbonyl (C=O) groups is 2. The lowest BCUT2D eigenvalue weighted by Crippen LogP contribution is -2.42. The van der Waals surface area contributed by atoms with E-state index in [1.807, 2.05) is 12.1 Å². The third-order valence-corrected chi connectivity index (χ3v) is 8.09. The summed E-state index contributed by atoms with van der Waals surface area (Å²) in [7, 11) is 1.42. The van der Waals surface area contributed by atoms with Crippen molar-refractivity contribution in [3.63, 3.8) is 0 Å². The van der Waals surface area contributed by atoms with Crippen LogP contribution in [0, 0.1) is 5.92 Å². The molecule has 0 spiro atoms. The molecule has 1 aliphatic heterocycles. The van der Waals surface area contributed by atoms with Crippen molar-refractivity contribution in [1.82, 2.24) is 9.55 Å². The number of ether oxygens (including phenoxy) is 1. The third kappa shape index (κ3) is 4.36. The Morgan fingerprint density at radius 2 is 1.81 bits per heavy atom. The number of rotatable bonds is 5. The quantitative estimate of drug-likeness (QED) is 0.468. The van der Waals surface area contributed by atoms with Crippen molar-refractivity contribution in [1.29, 1.82) is 0 Å². The van der Waals surface area contributed by atoms with Crippen LogP contribution in [0.25, 0.3) is 11.0 Å².